The molecule has 1 saturated heterocycles. The highest BCUT2D eigenvalue weighted by molar-refractivity contribution is 7.14. The van der Waals surface area contributed by atoms with Crippen molar-refractivity contribution < 1.29 is 19.2 Å². The summed E-state index contributed by atoms with van der Waals surface area (Å²) >= 11 is 1.25. The normalized spacial score (nSPS) is 20.4. The number of aryl methyl sites for hydroxylation is 1. The maximum atomic E-state index is 13.1. The number of benzene rings is 1. The summed E-state index contributed by atoms with van der Waals surface area (Å²) < 4.78 is 0. The van der Waals surface area contributed by atoms with E-state index < -0.39 is 11.6 Å². The van der Waals surface area contributed by atoms with Crippen molar-refractivity contribution in [3.63, 3.8) is 0 Å². The predicted octanol–water partition coefficient (Wildman–Crippen LogP) is 1.96. The van der Waals surface area contributed by atoms with Crippen molar-refractivity contribution in [1.82, 2.24) is 15.5 Å². The van der Waals surface area contributed by atoms with Gasteiger partial charge in [-0.1, -0.05) is 24.3 Å². The van der Waals surface area contributed by atoms with Gasteiger partial charge in [0, 0.05) is 11.8 Å². The van der Waals surface area contributed by atoms with Crippen molar-refractivity contribution in [3.05, 3.63) is 57.3 Å². The molecule has 1 aromatic carbocycles. The highest BCUT2D eigenvalue weighted by Gasteiger charge is 2.55. The van der Waals surface area contributed by atoms with Crippen LogP contribution >= 0.6 is 11.3 Å². The van der Waals surface area contributed by atoms with Crippen LogP contribution in [-0.4, -0.2) is 35.1 Å². The van der Waals surface area contributed by atoms with Crippen LogP contribution in [0.15, 0.2) is 36.4 Å². The molecule has 1 atom stereocenters. The van der Waals surface area contributed by atoms with Crippen molar-refractivity contribution in [2.45, 2.75) is 31.8 Å². The third-order valence-corrected chi connectivity index (χ3v) is 6.30. The molecule has 1 aliphatic heterocycles. The first-order valence-electron chi connectivity index (χ1n) is 8.99. The number of carbonyl (C=O) groups is 4. The molecule has 0 bridgehead atoms. The fourth-order valence-corrected chi connectivity index (χ4v) is 4.67. The first-order chi connectivity index (χ1) is 13.4. The molecule has 1 unspecified atom stereocenters. The lowest BCUT2D eigenvalue weighted by atomic mass is 9.92. The van der Waals surface area contributed by atoms with Crippen LogP contribution in [0.1, 0.15) is 39.0 Å². The summed E-state index contributed by atoms with van der Waals surface area (Å²) in [6.07, 6.45) is 1.21. The molecule has 4 amide bonds. The Kier molecular flexibility index (Phi) is 4.50. The predicted molar refractivity (Wildman–Crippen MR) is 103 cm³/mol. The minimum absolute atomic E-state index is 0.150. The van der Waals surface area contributed by atoms with E-state index in [-0.39, 0.29) is 24.1 Å². The number of fused-ring (bicyclic) bond motifs is 2. The molecule has 1 spiro atoms. The third-order valence-electron chi connectivity index (χ3n) is 5.17. The molecule has 0 radical (unpaired) electrons. The van der Waals surface area contributed by atoms with Crippen LogP contribution in [0.4, 0.5) is 4.79 Å². The molecule has 144 valence electrons. The minimum atomic E-state index is -1.06. The summed E-state index contributed by atoms with van der Waals surface area (Å²) in [6, 6.07) is 10.5. The number of rotatable bonds is 5. The van der Waals surface area contributed by atoms with Gasteiger partial charge < -0.3 is 10.6 Å². The molecule has 2 aliphatic rings. The van der Waals surface area contributed by atoms with E-state index in [1.54, 1.807) is 12.1 Å². The van der Waals surface area contributed by atoms with E-state index >= 15 is 0 Å². The first-order valence-corrected chi connectivity index (χ1v) is 9.81. The average molecular weight is 397 g/mol. The molecule has 4 rings (SSSR count). The van der Waals surface area contributed by atoms with Gasteiger partial charge in [0.1, 0.15) is 5.54 Å². The van der Waals surface area contributed by atoms with Gasteiger partial charge in [0.05, 0.1) is 18.0 Å². The zero-order chi connectivity index (χ0) is 19.9. The molecule has 7 nitrogen and oxygen atoms in total. The second kappa shape index (κ2) is 6.87. The van der Waals surface area contributed by atoms with Gasteiger partial charge in [-0.3, -0.25) is 19.3 Å². The van der Waals surface area contributed by atoms with E-state index in [0.717, 1.165) is 20.9 Å². The lowest BCUT2D eigenvalue weighted by Crippen LogP contribution is -2.42. The van der Waals surface area contributed by atoms with Crippen LogP contribution in [-0.2, 0) is 28.1 Å². The second-order valence-electron chi connectivity index (χ2n) is 6.98. The van der Waals surface area contributed by atoms with E-state index in [1.807, 2.05) is 24.3 Å². The van der Waals surface area contributed by atoms with Crippen molar-refractivity contribution in [2.75, 3.05) is 6.54 Å². The summed E-state index contributed by atoms with van der Waals surface area (Å²) in [4.78, 5) is 51.5. The Hall–Kier alpha value is -3.00. The zero-order valence-corrected chi connectivity index (χ0v) is 16.1. The minimum Gasteiger partial charge on any atom is -0.351 e. The van der Waals surface area contributed by atoms with Crippen LogP contribution in [0.5, 0.6) is 0 Å². The number of ketones is 1. The topological polar surface area (TPSA) is 95.6 Å². The van der Waals surface area contributed by atoms with Crippen molar-refractivity contribution in [1.29, 1.82) is 0 Å². The standard InChI is InChI=1S/C20H19N3O4S/c1-12(24)21-10-14-6-7-17(28-14)16(25)11-23-18(26)20(22-19(23)27)9-8-13-4-2-3-5-15(13)20/h2-7H,8-11H2,1H3,(H,21,24)(H,22,27). The van der Waals surface area contributed by atoms with E-state index in [0.29, 0.717) is 24.3 Å². The van der Waals surface area contributed by atoms with Gasteiger partial charge in [-0.05, 0) is 36.1 Å². The fourth-order valence-electron chi connectivity index (χ4n) is 3.79. The summed E-state index contributed by atoms with van der Waals surface area (Å²) in [5.41, 5.74) is 0.808. The van der Waals surface area contributed by atoms with Crippen LogP contribution in [0.3, 0.4) is 0 Å². The summed E-state index contributed by atoms with van der Waals surface area (Å²) in [5, 5.41) is 5.50. The molecule has 0 saturated carbocycles. The van der Waals surface area contributed by atoms with E-state index in [2.05, 4.69) is 10.6 Å². The molecule has 8 heteroatoms. The second-order valence-corrected chi connectivity index (χ2v) is 8.15. The average Bonchev–Trinajstić information content (AvgIpc) is 3.35. The smallest absolute Gasteiger partial charge is 0.325 e. The molecule has 1 fully saturated rings. The lowest BCUT2D eigenvalue weighted by Gasteiger charge is -2.22. The summed E-state index contributed by atoms with van der Waals surface area (Å²) in [5.74, 6) is -0.820. The molecule has 1 aromatic heterocycles. The van der Waals surface area contributed by atoms with E-state index in [4.69, 9.17) is 0 Å². The Morgan fingerprint density at radius 3 is 2.79 bits per heavy atom. The maximum absolute atomic E-state index is 13.1. The Labute approximate surface area is 165 Å². The molecule has 28 heavy (non-hydrogen) atoms. The lowest BCUT2D eigenvalue weighted by molar-refractivity contribution is -0.131. The van der Waals surface area contributed by atoms with Gasteiger partial charge in [-0.15, -0.1) is 11.3 Å². The van der Waals surface area contributed by atoms with Crippen LogP contribution in [0.2, 0.25) is 0 Å². The van der Waals surface area contributed by atoms with Crippen LogP contribution in [0, 0.1) is 0 Å². The van der Waals surface area contributed by atoms with Gasteiger partial charge in [-0.25, -0.2) is 4.79 Å². The summed E-state index contributed by atoms with van der Waals surface area (Å²) in [7, 11) is 0. The van der Waals surface area contributed by atoms with Gasteiger partial charge in [0.2, 0.25) is 5.91 Å². The number of Topliss-reactive ketones (excluding diaryl/α,β-unsaturated/α-hetero) is 1. The van der Waals surface area contributed by atoms with Crippen molar-refractivity contribution >= 4 is 35.0 Å². The fraction of sp³-hybridized carbons (Fsp3) is 0.300. The highest BCUT2D eigenvalue weighted by Crippen LogP contribution is 2.41. The Bertz CT molecular complexity index is 999. The Balaban J connectivity index is 1.50. The number of urea groups is 1. The molecule has 2 heterocycles. The van der Waals surface area contributed by atoms with Crippen molar-refractivity contribution in [3.8, 4) is 0 Å². The maximum Gasteiger partial charge on any atom is 0.325 e. The van der Waals surface area contributed by atoms with Gasteiger partial charge in [-0.2, -0.15) is 0 Å². The number of amides is 4. The SMILES string of the molecule is CC(=O)NCc1ccc(C(=O)CN2C(=O)NC3(CCc4ccccc43)C2=O)s1. The Morgan fingerprint density at radius 2 is 2.00 bits per heavy atom. The number of carbonyl (C=O) groups excluding carboxylic acids is 4. The zero-order valence-electron chi connectivity index (χ0n) is 15.3. The Morgan fingerprint density at radius 1 is 1.21 bits per heavy atom. The van der Waals surface area contributed by atoms with E-state index in [9.17, 15) is 19.2 Å². The number of thiophene rings is 1. The number of hydrogen-bond donors (Lipinski definition) is 2. The largest absolute Gasteiger partial charge is 0.351 e. The summed E-state index contributed by atoms with van der Waals surface area (Å²) in [6.45, 7) is 1.47. The quantitative estimate of drug-likeness (QED) is 0.596. The van der Waals surface area contributed by atoms with E-state index in [1.165, 1.54) is 18.3 Å². The van der Waals surface area contributed by atoms with Crippen molar-refractivity contribution in [2.24, 2.45) is 0 Å². The van der Waals surface area contributed by atoms with Gasteiger partial charge in [0.15, 0.2) is 5.78 Å². The molecule has 2 N–H and O–H groups in total. The first kappa shape index (κ1) is 18.4. The molecular weight excluding hydrogens is 378 g/mol. The highest BCUT2D eigenvalue weighted by atomic mass is 32.1. The number of hydrogen-bond acceptors (Lipinski definition) is 5. The van der Waals surface area contributed by atoms with Crippen LogP contribution < -0.4 is 10.6 Å². The monoisotopic (exact) mass is 397 g/mol. The molecule has 1 aliphatic carbocycles. The molecular formula is C20H19N3O4S. The van der Waals surface area contributed by atoms with Gasteiger partial charge in [0.25, 0.3) is 5.91 Å². The number of imide groups is 1. The van der Waals surface area contributed by atoms with Gasteiger partial charge >= 0.3 is 6.03 Å². The third kappa shape index (κ3) is 2.99. The number of nitrogens with zero attached hydrogens (tertiary/aromatic N) is 1. The van der Waals surface area contributed by atoms with Crippen LogP contribution in [0.25, 0.3) is 0 Å². The number of nitrogens with one attached hydrogen (secondary N) is 2. The molecule has 2 aromatic rings.